The Labute approximate surface area is 170 Å². The van der Waals surface area contributed by atoms with Gasteiger partial charge in [0.2, 0.25) is 0 Å². The summed E-state index contributed by atoms with van der Waals surface area (Å²) in [7, 11) is 0. The molecule has 1 heterocycles. The molecule has 0 saturated heterocycles. The highest BCUT2D eigenvalue weighted by Crippen LogP contribution is 2.34. The summed E-state index contributed by atoms with van der Waals surface area (Å²) in [6.07, 6.45) is 3.56. The fourth-order valence-electron chi connectivity index (χ4n) is 3.17. The number of allylic oxidation sites excluding steroid dienone is 1. The minimum Gasteiger partial charge on any atom is -0.311 e. The Morgan fingerprint density at radius 1 is 0.690 bits per heavy atom. The zero-order chi connectivity index (χ0) is 19.9. The first kappa shape index (κ1) is 18.2. The largest absolute Gasteiger partial charge is 0.311 e. The van der Waals surface area contributed by atoms with Crippen LogP contribution in [0.3, 0.4) is 0 Å². The molecule has 0 aliphatic rings. The molecule has 3 nitrogen and oxygen atoms in total. The van der Waals surface area contributed by atoms with E-state index in [1.165, 1.54) is 0 Å². The topological polar surface area (TPSA) is 39.9 Å². The number of benzene rings is 3. The third-order valence-corrected chi connectivity index (χ3v) is 4.55. The van der Waals surface area contributed by atoms with Crippen molar-refractivity contribution in [3.63, 3.8) is 0 Å². The second-order valence-corrected chi connectivity index (χ2v) is 6.48. The highest BCUT2D eigenvalue weighted by atomic mass is 15.1. The Kier molecular flexibility index (Phi) is 5.46. The predicted octanol–water partition coefficient (Wildman–Crippen LogP) is 6.62. The summed E-state index contributed by atoms with van der Waals surface area (Å²) < 4.78 is 0. The molecule has 0 N–H and O–H groups in total. The van der Waals surface area contributed by atoms with Gasteiger partial charge in [0.05, 0.1) is 11.3 Å². The van der Waals surface area contributed by atoms with Crippen molar-refractivity contribution in [1.29, 1.82) is 5.26 Å². The number of nitrogens with zero attached hydrogens (tertiary/aromatic N) is 3. The Morgan fingerprint density at radius 3 is 1.76 bits per heavy atom. The van der Waals surface area contributed by atoms with E-state index in [1.54, 1.807) is 6.20 Å². The maximum Gasteiger partial charge on any atom is 0.101 e. The summed E-state index contributed by atoms with van der Waals surface area (Å²) >= 11 is 0. The lowest BCUT2D eigenvalue weighted by molar-refractivity contribution is 1.28. The molecule has 29 heavy (non-hydrogen) atoms. The summed E-state index contributed by atoms with van der Waals surface area (Å²) in [5.74, 6) is 0. The van der Waals surface area contributed by atoms with E-state index in [0.29, 0.717) is 11.3 Å². The zero-order valence-corrected chi connectivity index (χ0v) is 15.8. The van der Waals surface area contributed by atoms with Crippen LogP contribution in [0, 0.1) is 11.3 Å². The van der Waals surface area contributed by atoms with Crippen LogP contribution in [0.1, 0.15) is 11.3 Å². The second-order valence-electron chi connectivity index (χ2n) is 6.48. The van der Waals surface area contributed by atoms with Gasteiger partial charge in [0, 0.05) is 23.3 Å². The third-order valence-electron chi connectivity index (χ3n) is 4.55. The molecule has 3 aromatic carbocycles. The number of hydrogen-bond acceptors (Lipinski definition) is 3. The Hall–Kier alpha value is -4.16. The zero-order valence-electron chi connectivity index (χ0n) is 15.8. The predicted molar refractivity (Wildman–Crippen MR) is 119 cm³/mol. The fourth-order valence-corrected chi connectivity index (χ4v) is 3.17. The highest BCUT2D eigenvalue weighted by molar-refractivity contribution is 5.88. The number of aromatic nitrogens is 1. The van der Waals surface area contributed by atoms with Gasteiger partial charge in [-0.2, -0.15) is 5.26 Å². The average molecular weight is 373 g/mol. The summed E-state index contributed by atoms with van der Waals surface area (Å²) in [5, 5.41) is 9.51. The van der Waals surface area contributed by atoms with E-state index >= 15 is 0 Å². The molecule has 0 unspecified atom stereocenters. The van der Waals surface area contributed by atoms with Gasteiger partial charge in [0.25, 0.3) is 0 Å². The Morgan fingerprint density at radius 2 is 1.24 bits per heavy atom. The average Bonchev–Trinajstić information content (AvgIpc) is 2.81. The van der Waals surface area contributed by atoms with Crippen molar-refractivity contribution < 1.29 is 0 Å². The van der Waals surface area contributed by atoms with Gasteiger partial charge in [-0.05, 0) is 60.2 Å². The molecular formula is C26H19N3. The molecule has 0 atom stereocenters. The lowest BCUT2D eigenvalue weighted by atomic mass is 10.1. The smallest absolute Gasteiger partial charge is 0.101 e. The van der Waals surface area contributed by atoms with Gasteiger partial charge in [-0.15, -0.1) is 0 Å². The van der Waals surface area contributed by atoms with E-state index in [9.17, 15) is 5.26 Å². The van der Waals surface area contributed by atoms with Crippen molar-refractivity contribution in [3.05, 3.63) is 121 Å². The first-order valence-corrected chi connectivity index (χ1v) is 9.38. The minimum atomic E-state index is 0.543. The number of anilines is 3. The van der Waals surface area contributed by atoms with Gasteiger partial charge in [0.15, 0.2) is 0 Å². The van der Waals surface area contributed by atoms with Gasteiger partial charge >= 0.3 is 0 Å². The fraction of sp³-hybridized carbons (Fsp3) is 0. The molecule has 0 bridgehead atoms. The van der Waals surface area contributed by atoms with Crippen LogP contribution in [-0.2, 0) is 0 Å². The SMILES string of the molecule is N#C/C(=C\c1ccc(N(c2ccccc2)c2ccccc2)cc1)c1ccccn1. The van der Waals surface area contributed by atoms with Crippen molar-refractivity contribution in [2.75, 3.05) is 4.90 Å². The van der Waals surface area contributed by atoms with Crippen molar-refractivity contribution in [2.45, 2.75) is 0 Å². The van der Waals surface area contributed by atoms with Crippen LogP contribution >= 0.6 is 0 Å². The van der Waals surface area contributed by atoms with Crippen LogP contribution in [0.5, 0.6) is 0 Å². The number of rotatable bonds is 5. The molecule has 0 saturated carbocycles. The second kappa shape index (κ2) is 8.69. The summed E-state index contributed by atoms with van der Waals surface area (Å²) in [6.45, 7) is 0. The molecule has 0 fully saturated rings. The lowest BCUT2D eigenvalue weighted by Gasteiger charge is -2.25. The number of nitriles is 1. The van der Waals surface area contributed by atoms with Crippen molar-refractivity contribution in [2.24, 2.45) is 0 Å². The van der Waals surface area contributed by atoms with Crippen LogP contribution < -0.4 is 4.90 Å². The molecule has 4 rings (SSSR count). The van der Waals surface area contributed by atoms with Gasteiger partial charge in [0.1, 0.15) is 6.07 Å². The number of para-hydroxylation sites is 2. The first-order chi connectivity index (χ1) is 14.3. The van der Waals surface area contributed by atoms with Gasteiger partial charge in [-0.3, -0.25) is 4.98 Å². The molecular weight excluding hydrogens is 354 g/mol. The Balaban J connectivity index is 1.70. The maximum atomic E-state index is 9.51. The quantitative estimate of drug-likeness (QED) is 0.369. The first-order valence-electron chi connectivity index (χ1n) is 9.38. The maximum absolute atomic E-state index is 9.51. The minimum absolute atomic E-state index is 0.543. The van der Waals surface area contributed by atoms with Crippen molar-refractivity contribution >= 4 is 28.7 Å². The van der Waals surface area contributed by atoms with Crippen LogP contribution in [0.25, 0.3) is 11.6 Å². The van der Waals surface area contributed by atoms with E-state index < -0.39 is 0 Å². The molecule has 0 radical (unpaired) electrons. The molecule has 0 aliphatic heterocycles. The van der Waals surface area contributed by atoms with E-state index in [4.69, 9.17) is 0 Å². The molecule has 3 heteroatoms. The summed E-state index contributed by atoms with van der Waals surface area (Å²) in [4.78, 5) is 6.48. The summed E-state index contributed by atoms with van der Waals surface area (Å²) in [6, 6.07) is 36.5. The molecule has 138 valence electrons. The van der Waals surface area contributed by atoms with Gasteiger partial charge in [-0.1, -0.05) is 54.6 Å². The van der Waals surface area contributed by atoms with E-state index in [1.807, 2.05) is 72.8 Å². The number of hydrogen-bond donors (Lipinski definition) is 0. The van der Waals surface area contributed by atoms with Gasteiger partial charge in [-0.25, -0.2) is 0 Å². The molecule has 4 aromatic rings. The lowest BCUT2D eigenvalue weighted by Crippen LogP contribution is -2.09. The van der Waals surface area contributed by atoms with Gasteiger partial charge < -0.3 is 4.90 Å². The number of pyridine rings is 1. The highest BCUT2D eigenvalue weighted by Gasteiger charge is 2.11. The van der Waals surface area contributed by atoms with Crippen LogP contribution in [-0.4, -0.2) is 4.98 Å². The molecule has 0 aliphatic carbocycles. The van der Waals surface area contributed by atoms with Crippen LogP contribution in [0.4, 0.5) is 17.1 Å². The van der Waals surface area contributed by atoms with E-state index in [0.717, 1.165) is 22.6 Å². The molecule has 0 spiro atoms. The normalized spacial score (nSPS) is 10.9. The summed E-state index contributed by atoms with van der Waals surface area (Å²) in [5.41, 5.74) is 5.41. The molecule has 1 aromatic heterocycles. The van der Waals surface area contributed by atoms with Crippen molar-refractivity contribution in [3.8, 4) is 6.07 Å². The monoisotopic (exact) mass is 373 g/mol. The van der Waals surface area contributed by atoms with Crippen molar-refractivity contribution in [1.82, 2.24) is 4.98 Å². The van der Waals surface area contributed by atoms with E-state index in [2.05, 4.69) is 52.4 Å². The Bertz CT molecular complexity index is 1090. The molecule has 0 amide bonds. The standard InChI is InChI=1S/C26H19N3/c27-20-22(26-13-7-8-18-28-26)19-21-14-16-25(17-15-21)29(23-9-3-1-4-10-23)24-11-5-2-6-12-24/h1-19H/b22-19+. The van der Waals surface area contributed by atoms with E-state index in [-0.39, 0.29) is 0 Å². The van der Waals surface area contributed by atoms with Crippen LogP contribution in [0.15, 0.2) is 109 Å². The van der Waals surface area contributed by atoms with Crippen LogP contribution in [0.2, 0.25) is 0 Å². The third kappa shape index (κ3) is 4.23.